The molecule has 4 nitrogen and oxygen atoms in total. The van der Waals surface area contributed by atoms with E-state index < -0.39 is 0 Å². The van der Waals surface area contributed by atoms with Crippen molar-refractivity contribution in [3.63, 3.8) is 0 Å². The van der Waals surface area contributed by atoms with Crippen LogP contribution in [0.3, 0.4) is 0 Å². The Labute approximate surface area is 152 Å². The maximum atomic E-state index is 4.79. The van der Waals surface area contributed by atoms with E-state index in [0.717, 1.165) is 36.9 Å². The minimum Gasteiger partial charge on any atom is -0.357 e. The maximum Gasteiger partial charge on any atom is 0.191 e. The number of halogens is 1. The summed E-state index contributed by atoms with van der Waals surface area (Å²) < 4.78 is 0. The van der Waals surface area contributed by atoms with Crippen molar-refractivity contribution in [2.24, 2.45) is 16.8 Å². The van der Waals surface area contributed by atoms with E-state index in [0.29, 0.717) is 6.04 Å². The Bertz CT molecular complexity index is 368. The molecule has 3 fully saturated rings. The van der Waals surface area contributed by atoms with Crippen LogP contribution in [0, 0.1) is 11.8 Å². The summed E-state index contributed by atoms with van der Waals surface area (Å²) in [6.45, 7) is 8.89. The summed E-state index contributed by atoms with van der Waals surface area (Å²) in [6, 6.07) is 1.45. The molecule has 3 rings (SSSR count). The smallest absolute Gasteiger partial charge is 0.191 e. The van der Waals surface area contributed by atoms with Crippen molar-refractivity contribution >= 4 is 29.9 Å². The van der Waals surface area contributed by atoms with Crippen LogP contribution in [0.25, 0.3) is 0 Å². The lowest BCUT2D eigenvalue weighted by molar-refractivity contribution is 0.242. The van der Waals surface area contributed by atoms with Gasteiger partial charge in [0, 0.05) is 38.3 Å². The van der Waals surface area contributed by atoms with Crippen LogP contribution in [-0.4, -0.2) is 49.1 Å². The van der Waals surface area contributed by atoms with Gasteiger partial charge >= 0.3 is 0 Å². The molecule has 128 valence electrons. The fourth-order valence-corrected chi connectivity index (χ4v) is 3.88. The lowest BCUT2D eigenvalue weighted by atomic mass is 10.2. The topological polar surface area (TPSA) is 39.7 Å². The van der Waals surface area contributed by atoms with Crippen molar-refractivity contribution in [3.8, 4) is 0 Å². The molecule has 0 spiro atoms. The summed E-state index contributed by atoms with van der Waals surface area (Å²) >= 11 is 0. The van der Waals surface area contributed by atoms with Crippen molar-refractivity contribution in [1.29, 1.82) is 0 Å². The zero-order chi connectivity index (χ0) is 14.7. The summed E-state index contributed by atoms with van der Waals surface area (Å²) in [4.78, 5) is 7.49. The van der Waals surface area contributed by atoms with E-state index >= 15 is 0 Å². The first kappa shape index (κ1) is 18.3. The number of nitrogens with one attached hydrogen (secondary N) is 2. The van der Waals surface area contributed by atoms with Gasteiger partial charge in [0.25, 0.3) is 0 Å². The number of nitrogens with zero attached hydrogens (tertiary/aromatic N) is 2. The quantitative estimate of drug-likeness (QED) is 0.408. The highest BCUT2D eigenvalue weighted by Crippen LogP contribution is 2.37. The van der Waals surface area contributed by atoms with Crippen LogP contribution in [0.1, 0.15) is 52.4 Å². The lowest BCUT2D eigenvalue weighted by Crippen LogP contribution is -2.45. The third-order valence-corrected chi connectivity index (χ3v) is 5.51. The van der Waals surface area contributed by atoms with Crippen LogP contribution in [0.15, 0.2) is 4.99 Å². The summed E-state index contributed by atoms with van der Waals surface area (Å²) in [6.07, 6.45) is 8.33. The highest BCUT2D eigenvalue weighted by Gasteiger charge is 2.33. The normalized spacial score (nSPS) is 32.8. The highest BCUT2D eigenvalue weighted by molar-refractivity contribution is 14.0. The van der Waals surface area contributed by atoms with E-state index in [9.17, 15) is 0 Å². The molecular weight excluding hydrogens is 387 g/mol. The second-order valence-electron chi connectivity index (χ2n) is 7.26. The number of likely N-dealkylation sites (tertiary alicyclic amines) is 1. The van der Waals surface area contributed by atoms with E-state index in [1.165, 1.54) is 51.6 Å². The highest BCUT2D eigenvalue weighted by atomic mass is 127. The Kier molecular flexibility index (Phi) is 7.25. The average molecular weight is 420 g/mol. The van der Waals surface area contributed by atoms with Gasteiger partial charge in [-0.05, 0) is 44.4 Å². The largest absolute Gasteiger partial charge is 0.357 e. The van der Waals surface area contributed by atoms with E-state index in [1.54, 1.807) is 0 Å². The molecule has 1 aliphatic heterocycles. The van der Waals surface area contributed by atoms with E-state index in [1.807, 2.05) is 0 Å². The van der Waals surface area contributed by atoms with E-state index in [-0.39, 0.29) is 24.0 Å². The Morgan fingerprint density at radius 2 is 1.95 bits per heavy atom. The van der Waals surface area contributed by atoms with E-state index in [2.05, 4.69) is 29.4 Å². The predicted molar refractivity (Wildman–Crippen MR) is 104 cm³/mol. The average Bonchev–Trinajstić information content (AvgIpc) is 2.92. The van der Waals surface area contributed by atoms with Gasteiger partial charge in [-0.25, -0.2) is 0 Å². The molecule has 0 aromatic rings. The van der Waals surface area contributed by atoms with Crippen LogP contribution in [0.5, 0.6) is 0 Å². The predicted octanol–water partition coefficient (Wildman–Crippen LogP) is 2.83. The molecule has 2 saturated carbocycles. The molecule has 1 heterocycles. The van der Waals surface area contributed by atoms with Crippen molar-refractivity contribution in [1.82, 2.24) is 15.5 Å². The molecule has 0 amide bonds. The molecule has 2 N–H and O–H groups in total. The molecule has 0 bridgehead atoms. The van der Waals surface area contributed by atoms with Crippen molar-refractivity contribution < 1.29 is 0 Å². The fraction of sp³-hybridized carbons (Fsp3) is 0.941. The molecule has 3 aliphatic rings. The molecular formula is C17H33IN4. The Morgan fingerprint density at radius 3 is 2.59 bits per heavy atom. The molecule has 5 heteroatoms. The molecule has 0 aromatic carbocycles. The minimum atomic E-state index is 0. The van der Waals surface area contributed by atoms with Gasteiger partial charge in [0.1, 0.15) is 0 Å². The maximum absolute atomic E-state index is 4.79. The van der Waals surface area contributed by atoms with Crippen molar-refractivity contribution in [2.75, 3.05) is 26.2 Å². The van der Waals surface area contributed by atoms with Crippen molar-refractivity contribution in [3.05, 3.63) is 0 Å². The van der Waals surface area contributed by atoms with Gasteiger partial charge < -0.3 is 10.6 Å². The number of rotatable bonds is 5. The first-order chi connectivity index (χ1) is 10.3. The van der Waals surface area contributed by atoms with Crippen LogP contribution in [-0.2, 0) is 0 Å². The number of hydrogen-bond acceptors (Lipinski definition) is 2. The summed E-state index contributed by atoms with van der Waals surface area (Å²) in [5, 5.41) is 7.08. The Morgan fingerprint density at radius 1 is 1.23 bits per heavy atom. The third-order valence-electron chi connectivity index (χ3n) is 5.51. The van der Waals surface area contributed by atoms with Crippen molar-refractivity contribution in [2.45, 2.75) is 64.5 Å². The molecule has 1 saturated heterocycles. The number of guanidine groups is 1. The van der Waals surface area contributed by atoms with Gasteiger partial charge in [-0.1, -0.05) is 19.8 Å². The van der Waals surface area contributed by atoms with Crippen LogP contribution in [0.2, 0.25) is 0 Å². The lowest BCUT2D eigenvalue weighted by Gasteiger charge is -2.24. The monoisotopic (exact) mass is 420 g/mol. The van der Waals surface area contributed by atoms with E-state index in [4.69, 9.17) is 4.99 Å². The molecule has 3 unspecified atom stereocenters. The van der Waals surface area contributed by atoms with Crippen LogP contribution in [0.4, 0.5) is 0 Å². The summed E-state index contributed by atoms with van der Waals surface area (Å²) in [5.74, 6) is 2.76. The van der Waals surface area contributed by atoms with Gasteiger partial charge in [-0.3, -0.25) is 9.89 Å². The Balaban J connectivity index is 0.00000176. The SMILES string of the molecule is CCNC(=NCC1CC1C)NC1CCN(C2CCCC2)C1.I. The molecule has 3 atom stereocenters. The zero-order valence-electron chi connectivity index (χ0n) is 14.2. The molecule has 2 aliphatic carbocycles. The number of hydrogen-bond donors (Lipinski definition) is 2. The van der Waals surface area contributed by atoms with Crippen LogP contribution >= 0.6 is 24.0 Å². The fourth-order valence-electron chi connectivity index (χ4n) is 3.88. The standard InChI is InChI=1S/C17H32N4.HI/c1-3-18-17(19-11-14-10-13(14)2)20-15-8-9-21(12-15)16-6-4-5-7-16;/h13-16H,3-12H2,1-2H3,(H2,18,19,20);1H. The summed E-state index contributed by atoms with van der Waals surface area (Å²) in [7, 11) is 0. The van der Waals surface area contributed by atoms with Gasteiger partial charge in [0.05, 0.1) is 0 Å². The van der Waals surface area contributed by atoms with Gasteiger partial charge in [0.15, 0.2) is 5.96 Å². The minimum absolute atomic E-state index is 0. The third kappa shape index (κ3) is 4.98. The first-order valence-corrected chi connectivity index (χ1v) is 9.05. The second kappa shape index (κ2) is 8.71. The number of aliphatic imine (C=N–C) groups is 1. The molecule has 22 heavy (non-hydrogen) atoms. The zero-order valence-corrected chi connectivity index (χ0v) is 16.5. The van der Waals surface area contributed by atoms with Gasteiger partial charge in [0.2, 0.25) is 0 Å². The second-order valence-corrected chi connectivity index (χ2v) is 7.26. The molecule has 0 radical (unpaired) electrons. The van der Waals surface area contributed by atoms with Gasteiger partial charge in [-0.2, -0.15) is 0 Å². The Hall–Kier alpha value is -0.0400. The first-order valence-electron chi connectivity index (χ1n) is 9.05. The molecule has 0 aromatic heterocycles. The summed E-state index contributed by atoms with van der Waals surface area (Å²) in [5.41, 5.74) is 0. The van der Waals surface area contributed by atoms with Gasteiger partial charge in [-0.15, -0.1) is 24.0 Å². The van der Waals surface area contributed by atoms with Crippen LogP contribution < -0.4 is 10.6 Å².